The molecule has 4 heteroatoms. The first kappa shape index (κ1) is 20.9. The number of hydrogen-bond donors (Lipinski definition) is 1. The van der Waals surface area contributed by atoms with E-state index in [0.717, 1.165) is 29.5 Å². The standard InChI is InChI=1S/C24H32N2OS/c1-19-6-5-14-26(16-19)17-21-9-11-22(12-10-21)24(27)25-13-15-28-18-23-8-4-3-7-20(23)2/h3-4,7-12,19H,5-6,13-18H2,1-2H3,(H,25,27)/t19-/m1/s1. The lowest BCUT2D eigenvalue weighted by molar-refractivity contribution is 0.0956. The van der Waals surface area contributed by atoms with Crippen LogP contribution in [-0.2, 0) is 12.3 Å². The molecule has 1 fully saturated rings. The van der Waals surface area contributed by atoms with Crippen LogP contribution in [0, 0.1) is 12.8 Å². The quantitative estimate of drug-likeness (QED) is 0.645. The lowest BCUT2D eigenvalue weighted by Gasteiger charge is -2.30. The van der Waals surface area contributed by atoms with Crippen LogP contribution in [0.3, 0.4) is 0 Å². The van der Waals surface area contributed by atoms with E-state index in [9.17, 15) is 4.79 Å². The second kappa shape index (κ2) is 10.7. The summed E-state index contributed by atoms with van der Waals surface area (Å²) in [5.74, 6) is 2.73. The molecular formula is C24H32N2OS. The fourth-order valence-corrected chi connectivity index (χ4v) is 4.68. The fraction of sp³-hybridized carbons (Fsp3) is 0.458. The SMILES string of the molecule is Cc1ccccc1CSCCNC(=O)c1ccc(CN2CCC[C@@H](C)C2)cc1. The number of benzene rings is 2. The van der Waals surface area contributed by atoms with Crippen LogP contribution >= 0.6 is 11.8 Å². The van der Waals surface area contributed by atoms with E-state index < -0.39 is 0 Å². The predicted octanol–water partition coefficient (Wildman–Crippen LogP) is 4.89. The molecule has 3 nitrogen and oxygen atoms in total. The smallest absolute Gasteiger partial charge is 0.251 e. The van der Waals surface area contributed by atoms with E-state index in [1.807, 2.05) is 23.9 Å². The van der Waals surface area contributed by atoms with Crippen molar-refractivity contribution in [3.8, 4) is 0 Å². The van der Waals surface area contributed by atoms with Gasteiger partial charge < -0.3 is 5.32 Å². The zero-order chi connectivity index (χ0) is 19.8. The van der Waals surface area contributed by atoms with Crippen LogP contribution in [0.4, 0.5) is 0 Å². The van der Waals surface area contributed by atoms with Gasteiger partial charge in [-0.1, -0.05) is 43.3 Å². The van der Waals surface area contributed by atoms with Crippen molar-refractivity contribution in [3.05, 3.63) is 70.8 Å². The van der Waals surface area contributed by atoms with E-state index >= 15 is 0 Å². The van der Waals surface area contributed by atoms with Crippen molar-refractivity contribution in [1.29, 1.82) is 0 Å². The monoisotopic (exact) mass is 396 g/mol. The number of amides is 1. The van der Waals surface area contributed by atoms with E-state index in [2.05, 4.69) is 60.5 Å². The summed E-state index contributed by atoms with van der Waals surface area (Å²) in [6, 6.07) is 16.6. The molecule has 0 aliphatic carbocycles. The largest absolute Gasteiger partial charge is 0.351 e. The predicted molar refractivity (Wildman–Crippen MR) is 120 cm³/mol. The van der Waals surface area contributed by atoms with E-state index in [4.69, 9.17) is 0 Å². The number of piperidine rings is 1. The van der Waals surface area contributed by atoms with Gasteiger partial charge in [0.2, 0.25) is 0 Å². The van der Waals surface area contributed by atoms with E-state index in [1.54, 1.807) is 0 Å². The van der Waals surface area contributed by atoms with Crippen molar-refractivity contribution < 1.29 is 4.79 Å². The summed E-state index contributed by atoms with van der Waals surface area (Å²) in [6.45, 7) is 8.53. The average Bonchev–Trinajstić information content (AvgIpc) is 2.69. The molecule has 0 unspecified atom stereocenters. The van der Waals surface area contributed by atoms with E-state index in [0.29, 0.717) is 6.54 Å². The molecule has 1 N–H and O–H groups in total. The molecular weight excluding hydrogens is 364 g/mol. The topological polar surface area (TPSA) is 32.3 Å². The molecule has 0 radical (unpaired) electrons. The third-order valence-corrected chi connectivity index (χ3v) is 6.42. The third-order valence-electron chi connectivity index (χ3n) is 5.41. The molecule has 1 saturated heterocycles. The highest BCUT2D eigenvalue weighted by atomic mass is 32.2. The molecule has 150 valence electrons. The minimum atomic E-state index is 0.0228. The Balaban J connectivity index is 1.38. The van der Waals surface area contributed by atoms with Gasteiger partial charge in [-0.05, 0) is 61.1 Å². The molecule has 1 amide bonds. The van der Waals surface area contributed by atoms with Gasteiger partial charge in [-0.25, -0.2) is 0 Å². The molecule has 1 aliphatic heterocycles. The second-order valence-electron chi connectivity index (χ2n) is 7.91. The van der Waals surface area contributed by atoms with Crippen LogP contribution in [-0.4, -0.2) is 36.2 Å². The van der Waals surface area contributed by atoms with E-state index in [-0.39, 0.29) is 5.91 Å². The lowest BCUT2D eigenvalue weighted by Crippen LogP contribution is -2.33. The minimum absolute atomic E-state index is 0.0228. The summed E-state index contributed by atoms with van der Waals surface area (Å²) in [4.78, 5) is 14.9. The highest BCUT2D eigenvalue weighted by Gasteiger charge is 2.16. The van der Waals surface area contributed by atoms with Gasteiger partial charge in [-0.2, -0.15) is 11.8 Å². The van der Waals surface area contributed by atoms with Gasteiger partial charge in [0.25, 0.3) is 5.91 Å². The molecule has 2 aromatic rings. The first-order chi connectivity index (χ1) is 13.6. The van der Waals surface area contributed by atoms with Crippen molar-refractivity contribution in [3.63, 3.8) is 0 Å². The van der Waals surface area contributed by atoms with Crippen LogP contribution < -0.4 is 5.32 Å². The first-order valence-electron chi connectivity index (χ1n) is 10.3. The molecule has 0 bridgehead atoms. The average molecular weight is 397 g/mol. The van der Waals surface area contributed by atoms with Crippen LogP contribution in [0.1, 0.15) is 46.8 Å². The Labute approximate surface area is 173 Å². The molecule has 0 spiro atoms. The van der Waals surface area contributed by atoms with Gasteiger partial charge in [0, 0.05) is 36.7 Å². The fourth-order valence-electron chi connectivity index (χ4n) is 3.74. The van der Waals surface area contributed by atoms with Crippen LogP contribution in [0.15, 0.2) is 48.5 Å². The number of thioether (sulfide) groups is 1. The molecule has 1 atom stereocenters. The molecule has 0 aromatic heterocycles. The van der Waals surface area contributed by atoms with Crippen molar-refractivity contribution >= 4 is 17.7 Å². The van der Waals surface area contributed by atoms with Gasteiger partial charge in [0.1, 0.15) is 0 Å². The maximum Gasteiger partial charge on any atom is 0.251 e. The van der Waals surface area contributed by atoms with Crippen molar-refractivity contribution in [2.24, 2.45) is 5.92 Å². The van der Waals surface area contributed by atoms with Crippen LogP contribution in [0.25, 0.3) is 0 Å². The van der Waals surface area contributed by atoms with Gasteiger partial charge in [-0.15, -0.1) is 0 Å². The van der Waals surface area contributed by atoms with Gasteiger partial charge >= 0.3 is 0 Å². The number of hydrogen-bond acceptors (Lipinski definition) is 3. The highest BCUT2D eigenvalue weighted by molar-refractivity contribution is 7.98. The Morgan fingerprint density at radius 2 is 1.96 bits per heavy atom. The summed E-state index contributed by atoms with van der Waals surface area (Å²) in [5, 5.41) is 3.04. The number of rotatable bonds is 8. The highest BCUT2D eigenvalue weighted by Crippen LogP contribution is 2.18. The Hall–Kier alpha value is -1.78. The molecule has 1 heterocycles. The minimum Gasteiger partial charge on any atom is -0.351 e. The molecule has 2 aromatic carbocycles. The van der Waals surface area contributed by atoms with Crippen LogP contribution in [0.2, 0.25) is 0 Å². The third kappa shape index (κ3) is 6.39. The Morgan fingerprint density at radius 1 is 1.18 bits per heavy atom. The number of aryl methyl sites for hydroxylation is 1. The summed E-state index contributed by atoms with van der Waals surface area (Å²) < 4.78 is 0. The van der Waals surface area contributed by atoms with Crippen molar-refractivity contribution in [2.45, 2.75) is 39.0 Å². The molecule has 0 saturated carbocycles. The Morgan fingerprint density at radius 3 is 2.71 bits per heavy atom. The summed E-state index contributed by atoms with van der Waals surface area (Å²) >= 11 is 1.86. The van der Waals surface area contributed by atoms with Crippen molar-refractivity contribution in [2.75, 3.05) is 25.4 Å². The Bertz CT molecular complexity index is 759. The number of carbonyl (C=O) groups excluding carboxylic acids is 1. The van der Waals surface area contributed by atoms with Crippen molar-refractivity contribution in [1.82, 2.24) is 10.2 Å². The van der Waals surface area contributed by atoms with Gasteiger partial charge in [-0.3, -0.25) is 9.69 Å². The number of likely N-dealkylation sites (tertiary alicyclic amines) is 1. The lowest BCUT2D eigenvalue weighted by atomic mass is 9.99. The number of nitrogens with one attached hydrogen (secondary N) is 1. The number of carbonyl (C=O) groups is 1. The summed E-state index contributed by atoms with van der Waals surface area (Å²) in [7, 11) is 0. The summed E-state index contributed by atoms with van der Waals surface area (Å²) in [5.41, 5.74) is 4.75. The molecule has 3 rings (SSSR count). The Kier molecular flexibility index (Phi) is 7.99. The zero-order valence-electron chi connectivity index (χ0n) is 17.1. The maximum absolute atomic E-state index is 12.3. The van der Waals surface area contributed by atoms with Crippen LogP contribution in [0.5, 0.6) is 0 Å². The normalized spacial score (nSPS) is 17.4. The zero-order valence-corrected chi connectivity index (χ0v) is 17.9. The molecule has 28 heavy (non-hydrogen) atoms. The second-order valence-corrected chi connectivity index (χ2v) is 9.02. The molecule has 1 aliphatic rings. The maximum atomic E-state index is 12.3. The van der Waals surface area contributed by atoms with E-state index in [1.165, 1.54) is 42.6 Å². The first-order valence-corrected chi connectivity index (χ1v) is 11.5. The van der Waals surface area contributed by atoms with Gasteiger partial charge in [0.15, 0.2) is 0 Å². The summed E-state index contributed by atoms with van der Waals surface area (Å²) in [6.07, 6.45) is 2.64. The number of nitrogens with zero attached hydrogens (tertiary/aromatic N) is 1. The van der Waals surface area contributed by atoms with Gasteiger partial charge in [0.05, 0.1) is 0 Å².